The Morgan fingerprint density at radius 3 is 2.38 bits per heavy atom. The van der Waals surface area contributed by atoms with E-state index in [1.807, 2.05) is 7.11 Å². The van der Waals surface area contributed by atoms with E-state index >= 15 is 0 Å². The minimum atomic E-state index is -0.0423. The monoisotopic (exact) mass is 224 g/mol. The van der Waals surface area contributed by atoms with Gasteiger partial charge in [-0.15, -0.1) is 0 Å². The Hall–Kier alpha value is -0.370. The van der Waals surface area contributed by atoms with Crippen molar-refractivity contribution in [2.45, 2.75) is 63.9 Å². The van der Waals surface area contributed by atoms with Crippen LogP contribution < -0.4 is 0 Å². The highest BCUT2D eigenvalue weighted by atomic mass is 16.5. The Balaban J connectivity index is 2.13. The summed E-state index contributed by atoms with van der Waals surface area (Å²) in [5.41, 5.74) is -0.0423. The van der Waals surface area contributed by atoms with Gasteiger partial charge in [-0.2, -0.15) is 0 Å². The molecule has 92 valence electrons. The second kappa shape index (κ2) is 5.31. The Labute approximate surface area is 98.7 Å². The first-order chi connectivity index (χ1) is 7.82. The van der Waals surface area contributed by atoms with Gasteiger partial charge in [-0.3, -0.25) is 0 Å². The SMILES string of the molecule is CO[C@H]1CCCC[C@@H]1C1(C=O)CCCCC1. The highest BCUT2D eigenvalue weighted by molar-refractivity contribution is 5.60. The third kappa shape index (κ3) is 2.17. The molecule has 0 N–H and O–H groups in total. The van der Waals surface area contributed by atoms with Crippen molar-refractivity contribution in [3.8, 4) is 0 Å². The lowest BCUT2D eigenvalue weighted by Crippen LogP contribution is -2.43. The van der Waals surface area contributed by atoms with Crippen molar-refractivity contribution in [2.24, 2.45) is 11.3 Å². The summed E-state index contributed by atoms with van der Waals surface area (Å²) in [4.78, 5) is 11.6. The molecule has 0 aromatic rings. The van der Waals surface area contributed by atoms with Crippen molar-refractivity contribution in [3.05, 3.63) is 0 Å². The fourth-order valence-corrected chi connectivity index (χ4v) is 3.82. The maximum atomic E-state index is 11.6. The molecule has 2 atom stereocenters. The molecular weight excluding hydrogens is 200 g/mol. The van der Waals surface area contributed by atoms with Crippen molar-refractivity contribution in [1.82, 2.24) is 0 Å². The van der Waals surface area contributed by atoms with Gasteiger partial charge in [0.1, 0.15) is 6.29 Å². The van der Waals surface area contributed by atoms with Crippen molar-refractivity contribution in [2.75, 3.05) is 7.11 Å². The van der Waals surface area contributed by atoms with Crippen LogP contribution >= 0.6 is 0 Å². The molecule has 2 fully saturated rings. The van der Waals surface area contributed by atoms with E-state index in [2.05, 4.69) is 0 Å². The molecule has 2 heteroatoms. The largest absolute Gasteiger partial charge is 0.381 e. The van der Waals surface area contributed by atoms with Crippen LogP contribution in [0.2, 0.25) is 0 Å². The third-order valence-electron chi connectivity index (χ3n) is 4.76. The number of hydrogen-bond acceptors (Lipinski definition) is 2. The molecule has 0 aromatic carbocycles. The summed E-state index contributed by atoms with van der Waals surface area (Å²) in [5, 5.41) is 0. The predicted molar refractivity (Wildman–Crippen MR) is 64.3 cm³/mol. The summed E-state index contributed by atoms with van der Waals surface area (Å²) >= 11 is 0. The van der Waals surface area contributed by atoms with Gasteiger partial charge in [-0.1, -0.05) is 32.1 Å². The molecular formula is C14H24O2. The van der Waals surface area contributed by atoms with E-state index in [1.54, 1.807) is 0 Å². The molecule has 0 aliphatic heterocycles. The maximum Gasteiger partial charge on any atom is 0.126 e. The second-order valence-electron chi connectivity index (χ2n) is 5.58. The lowest BCUT2D eigenvalue weighted by atomic mass is 9.61. The van der Waals surface area contributed by atoms with Gasteiger partial charge >= 0.3 is 0 Å². The van der Waals surface area contributed by atoms with E-state index in [-0.39, 0.29) is 5.41 Å². The summed E-state index contributed by atoms with van der Waals surface area (Å²) in [6.07, 6.45) is 12.4. The van der Waals surface area contributed by atoms with Crippen LogP contribution in [0.25, 0.3) is 0 Å². The van der Waals surface area contributed by atoms with Gasteiger partial charge in [0, 0.05) is 12.5 Å². The van der Waals surface area contributed by atoms with Gasteiger partial charge < -0.3 is 9.53 Å². The fourth-order valence-electron chi connectivity index (χ4n) is 3.82. The van der Waals surface area contributed by atoms with E-state index in [0.717, 1.165) is 19.3 Å². The first-order valence-corrected chi connectivity index (χ1v) is 6.81. The molecule has 0 heterocycles. The highest BCUT2D eigenvalue weighted by Crippen LogP contribution is 2.47. The number of rotatable bonds is 3. The maximum absolute atomic E-state index is 11.6. The summed E-state index contributed by atoms with van der Waals surface area (Å²) in [6.45, 7) is 0. The first-order valence-electron chi connectivity index (χ1n) is 6.81. The molecule has 0 amide bonds. The van der Waals surface area contributed by atoms with Crippen LogP contribution in [-0.2, 0) is 9.53 Å². The zero-order valence-electron chi connectivity index (χ0n) is 10.4. The van der Waals surface area contributed by atoms with Crippen molar-refractivity contribution in [3.63, 3.8) is 0 Å². The van der Waals surface area contributed by atoms with E-state index < -0.39 is 0 Å². The quantitative estimate of drug-likeness (QED) is 0.687. The van der Waals surface area contributed by atoms with Gasteiger partial charge in [0.05, 0.1) is 6.10 Å². The van der Waals surface area contributed by atoms with Crippen LogP contribution in [0.3, 0.4) is 0 Å². The molecule has 0 bridgehead atoms. The van der Waals surface area contributed by atoms with E-state index in [1.165, 1.54) is 44.8 Å². The van der Waals surface area contributed by atoms with E-state index in [9.17, 15) is 4.79 Å². The molecule has 0 saturated heterocycles. The number of carbonyl (C=O) groups excluding carboxylic acids is 1. The minimum Gasteiger partial charge on any atom is -0.381 e. The molecule has 0 unspecified atom stereocenters. The summed E-state index contributed by atoms with van der Waals surface area (Å²) in [6, 6.07) is 0. The Morgan fingerprint density at radius 2 is 1.75 bits per heavy atom. The fraction of sp³-hybridized carbons (Fsp3) is 0.929. The zero-order valence-corrected chi connectivity index (χ0v) is 10.4. The smallest absolute Gasteiger partial charge is 0.126 e. The van der Waals surface area contributed by atoms with E-state index in [0.29, 0.717) is 12.0 Å². The normalized spacial score (nSPS) is 34.6. The van der Waals surface area contributed by atoms with Crippen LogP contribution in [0.15, 0.2) is 0 Å². The van der Waals surface area contributed by atoms with Gasteiger partial charge in [0.2, 0.25) is 0 Å². The molecule has 0 radical (unpaired) electrons. The molecule has 2 saturated carbocycles. The van der Waals surface area contributed by atoms with E-state index in [4.69, 9.17) is 4.74 Å². The molecule has 0 spiro atoms. The first kappa shape index (κ1) is 12.1. The highest BCUT2D eigenvalue weighted by Gasteiger charge is 2.44. The number of hydrogen-bond donors (Lipinski definition) is 0. The summed E-state index contributed by atoms with van der Waals surface area (Å²) in [7, 11) is 1.81. The van der Waals surface area contributed by atoms with Gasteiger partial charge in [0.25, 0.3) is 0 Å². The van der Waals surface area contributed by atoms with Crippen molar-refractivity contribution < 1.29 is 9.53 Å². The van der Waals surface area contributed by atoms with Crippen LogP contribution in [0.1, 0.15) is 57.8 Å². The third-order valence-corrected chi connectivity index (χ3v) is 4.76. The Bertz CT molecular complexity index is 231. The molecule has 2 aliphatic carbocycles. The molecule has 2 rings (SSSR count). The standard InChI is InChI=1S/C14H24O2/c1-16-13-8-4-3-7-12(13)14(11-15)9-5-2-6-10-14/h11-13H,2-10H2,1H3/t12-,13-/m0/s1. The number of ether oxygens (including phenoxy) is 1. The van der Waals surface area contributed by atoms with Crippen LogP contribution in [0.5, 0.6) is 0 Å². The van der Waals surface area contributed by atoms with Crippen LogP contribution in [-0.4, -0.2) is 19.5 Å². The Kier molecular flexibility index (Phi) is 4.01. The Morgan fingerprint density at radius 1 is 1.06 bits per heavy atom. The molecule has 0 aromatic heterocycles. The number of methoxy groups -OCH3 is 1. The topological polar surface area (TPSA) is 26.3 Å². The average Bonchev–Trinajstić information content (AvgIpc) is 2.39. The van der Waals surface area contributed by atoms with Crippen LogP contribution in [0, 0.1) is 11.3 Å². The average molecular weight is 224 g/mol. The second-order valence-corrected chi connectivity index (χ2v) is 5.58. The van der Waals surface area contributed by atoms with Gasteiger partial charge in [0.15, 0.2) is 0 Å². The molecule has 16 heavy (non-hydrogen) atoms. The summed E-state index contributed by atoms with van der Waals surface area (Å²) < 4.78 is 5.62. The van der Waals surface area contributed by atoms with Crippen molar-refractivity contribution in [1.29, 1.82) is 0 Å². The van der Waals surface area contributed by atoms with Crippen LogP contribution in [0.4, 0.5) is 0 Å². The van der Waals surface area contributed by atoms with Crippen molar-refractivity contribution >= 4 is 6.29 Å². The number of carbonyl (C=O) groups is 1. The minimum absolute atomic E-state index is 0.0423. The summed E-state index contributed by atoms with van der Waals surface area (Å²) in [5.74, 6) is 0.490. The van der Waals surface area contributed by atoms with Gasteiger partial charge in [-0.05, 0) is 31.6 Å². The molecule has 2 nitrogen and oxygen atoms in total. The lowest BCUT2D eigenvalue weighted by Gasteiger charge is -2.44. The van der Waals surface area contributed by atoms with Gasteiger partial charge in [-0.25, -0.2) is 0 Å². The zero-order chi connectivity index (χ0) is 11.4. The molecule has 2 aliphatic rings. The predicted octanol–water partition coefficient (Wildman–Crippen LogP) is 3.34. The number of aldehydes is 1. The lowest BCUT2D eigenvalue weighted by molar-refractivity contribution is -0.128.